The van der Waals surface area contributed by atoms with Crippen LogP contribution in [0.4, 0.5) is 11.4 Å². The Morgan fingerprint density at radius 2 is 2.13 bits per heavy atom. The van der Waals surface area contributed by atoms with Gasteiger partial charge in [-0.25, -0.2) is 4.98 Å². The van der Waals surface area contributed by atoms with Crippen LogP contribution in [0.5, 0.6) is 5.75 Å². The smallest absolute Gasteiger partial charge is 0.256 e. The van der Waals surface area contributed by atoms with E-state index in [1.54, 1.807) is 47.2 Å². The predicted octanol–water partition coefficient (Wildman–Crippen LogP) is 5.21. The largest absolute Gasteiger partial charge is 0.495 e. The van der Waals surface area contributed by atoms with Crippen LogP contribution in [0.1, 0.15) is 35.3 Å². The normalized spacial score (nSPS) is 13.8. The van der Waals surface area contributed by atoms with Gasteiger partial charge in [-0.05, 0) is 43.2 Å². The molecule has 1 saturated heterocycles. The fraction of sp³-hybridized carbons (Fsp3) is 0.261. The minimum atomic E-state index is -0.192. The summed E-state index contributed by atoms with van der Waals surface area (Å²) in [5, 5.41) is 4.99. The lowest BCUT2D eigenvalue weighted by Crippen LogP contribution is -2.35. The molecule has 1 aliphatic rings. The number of thioether (sulfide) groups is 1. The van der Waals surface area contributed by atoms with E-state index in [0.29, 0.717) is 41.4 Å². The van der Waals surface area contributed by atoms with Crippen LogP contribution in [-0.4, -0.2) is 30.5 Å². The number of benzene rings is 2. The molecule has 0 radical (unpaired) electrons. The van der Waals surface area contributed by atoms with E-state index in [9.17, 15) is 9.59 Å². The number of carbonyl (C=O) groups excluding carboxylic acids is 2. The average Bonchev–Trinajstić information content (AvgIpc) is 3.32. The first-order valence-electron chi connectivity index (χ1n) is 10.0. The van der Waals surface area contributed by atoms with Crippen LogP contribution in [0, 0.1) is 0 Å². The second-order valence-corrected chi connectivity index (χ2v) is 8.84. The van der Waals surface area contributed by atoms with Gasteiger partial charge in [0.1, 0.15) is 5.75 Å². The van der Waals surface area contributed by atoms with Gasteiger partial charge in [0.2, 0.25) is 5.91 Å². The summed E-state index contributed by atoms with van der Waals surface area (Å²) in [5.41, 5.74) is 4.73. The second-order valence-electron chi connectivity index (χ2n) is 7.11. The molecule has 31 heavy (non-hydrogen) atoms. The second kappa shape index (κ2) is 9.98. The summed E-state index contributed by atoms with van der Waals surface area (Å²) < 4.78 is 5.46. The number of aromatic nitrogens is 1. The molecule has 2 aromatic carbocycles. The van der Waals surface area contributed by atoms with Crippen molar-refractivity contribution in [2.24, 2.45) is 0 Å². The number of piperidine rings is 1. The molecule has 0 bridgehead atoms. The molecule has 8 heteroatoms. The molecule has 1 aliphatic heterocycles. The zero-order valence-electron chi connectivity index (χ0n) is 17.2. The van der Waals surface area contributed by atoms with Gasteiger partial charge in [0.05, 0.1) is 29.6 Å². The van der Waals surface area contributed by atoms with Crippen LogP contribution in [-0.2, 0) is 10.5 Å². The molecule has 4 rings (SSSR count). The Balaban J connectivity index is 1.53. The van der Waals surface area contributed by atoms with Crippen LogP contribution >= 0.6 is 23.1 Å². The maximum Gasteiger partial charge on any atom is 0.256 e. The number of nitrogens with zero attached hydrogens (tertiary/aromatic N) is 2. The highest BCUT2D eigenvalue weighted by Gasteiger charge is 2.23. The van der Waals surface area contributed by atoms with Crippen LogP contribution in [0.3, 0.4) is 0 Å². The standard InChI is InChI=1S/C23H23N3O3S2/c1-29-20-10-9-16(12-19(20)26-11-5-4-8-22(26)27)25-23(28)18-6-2-3-7-21(18)31-14-17-13-30-15-24-17/h2-3,6-7,9-10,12-13,15H,4-5,8,11,14H2,1H3,(H,25,28). The van der Waals surface area contributed by atoms with Gasteiger partial charge in [-0.15, -0.1) is 23.1 Å². The fourth-order valence-corrected chi connectivity index (χ4v) is 5.09. The Labute approximate surface area is 189 Å². The van der Waals surface area contributed by atoms with E-state index in [2.05, 4.69) is 10.3 Å². The van der Waals surface area contributed by atoms with Gasteiger partial charge in [0.25, 0.3) is 5.91 Å². The van der Waals surface area contributed by atoms with Gasteiger partial charge in [-0.3, -0.25) is 9.59 Å². The highest BCUT2D eigenvalue weighted by molar-refractivity contribution is 7.98. The third kappa shape index (κ3) is 5.08. The molecule has 0 aliphatic carbocycles. The topological polar surface area (TPSA) is 71.5 Å². The van der Waals surface area contributed by atoms with Crippen molar-refractivity contribution >= 4 is 46.3 Å². The van der Waals surface area contributed by atoms with Crippen LogP contribution < -0.4 is 15.0 Å². The van der Waals surface area contributed by atoms with E-state index in [1.165, 1.54) is 0 Å². The third-order valence-corrected chi connectivity index (χ3v) is 6.78. The number of carbonyl (C=O) groups is 2. The Kier molecular flexibility index (Phi) is 6.89. The average molecular weight is 454 g/mol. The molecule has 2 heterocycles. The highest BCUT2D eigenvalue weighted by atomic mass is 32.2. The number of anilines is 2. The van der Waals surface area contributed by atoms with Crippen LogP contribution in [0.15, 0.2) is 58.3 Å². The first-order valence-corrected chi connectivity index (χ1v) is 12.0. The lowest BCUT2D eigenvalue weighted by atomic mass is 10.1. The molecule has 3 aromatic rings. The molecule has 1 N–H and O–H groups in total. The Bertz CT molecular complexity index is 1070. The number of hydrogen-bond donors (Lipinski definition) is 1. The molecule has 1 aromatic heterocycles. The van der Waals surface area contributed by atoms with Crippen molar-refractivity contribution < 1.29 is 14.3 Å². The summed E-state index contributed by atoms with van der Waals surface area (Å²) in [5.74, 6) is 1.21. The Morgan fingerprint density at radius 3 is 2.90 bits per heavy atom. The minimum Gasteiger partial charge on any atom is -0.495 e. The van der Waals surface area contributed by atoms with Crippen molar-refractivity contribution in [2.75, 3.05) is 23.9 Å². The molecule has 6 nitrogen and oxygen atoms in total. The summed E-state index contributed by atoms with van der Waals surface area (Å²) in [4.78, 5) is 32.4. The summed E-state index contributed by atoms with van der Waals surface area (Å²) in [6, 6.07) is 12.9. The van der Waals surface area contributed by atoms with E-state index in [-0.39, 0.29) is 11.8 Å². The van der Waals surface area contributed by atoms with Crippen molar-refractivity contribution in [2.45, 2.75) is 29.9 Å². The van der Waals surface area contributed by atoms with E-state index >= 15 is 0 Å². The van der Waals surface area contributed by atoms with E-state index in [0.717, 1.165) is 23.4 Å². The van der Waals surface area contributed by atoms with Gasteiger partial charge in [-0.1, -0.05) is 12.1 Å². The lowest BCUT2D eigenvalue weighted by molar-refractivity contribution is -0.119. The zero-order chi connectivity index (χ0) is 21.6. The van der Waals surface area contributed by atoms with Crippen molar-refractivity contribution in [3.8, 4) is 5.75 Å². The summed E-state index contributed by atoms with van der Waals surface area (Å²) in [7, 11) is 1.58. The molecule has 0 atom stereocenters. The fourth-order valence-electron chi connectivity index (χ4n) is 3.48. The first kappa shape index (κ1) is 21.4. The van der Waals surface area contributed by atoms with Gasteiger partial charge in [0.15, 0.2) is 0 Å². The number of nitrogens with one attached hydrogen (secondary N) is 1. The summed E-state index contributed by atoms with van der Waals surface area (Å²) >= 11 is 3.15. The number of rotatable bonds is 7. The highest BCUT2D eigenvalue weighted by Crippen LogP contribution is 2.34. The molecular weight excluding hydrogens is 430 g/mol. The Hall–Kier alpha value is -2.84. The van der Waals surface area contributed by atoms with E-state index < -0.39 is 0 Å². The quantitative estimate of drug-likeness (QED) is 0.497. The number of thiazole rings is 1. The predicted molar refractivity (Wildman–Crippen MR) is 125 cm³/mol. The number of ether oxygens (including phenoxy) is 1. The van der Waals surface area contributed by atoms with Crippen molar-refractivity contribution in [3.63, 3.8) is 0 Å². The molecule has 1 fully saturated rings. The maximum atomic E-state index is 13.1. The van der Waals surface area contributed by atoms with Crippen LogP contribution in [0.2, 0.25) is 0 Å². The first-order chi connectivity index (χ1) is 15.2. The van der Waals surface area contributed by atoms with Gasteiger partial charge in [0, 0.05) is 34.7 Å². The molecule has 0 unspecified atom stereocenters. The summed E-state index contributed by atoms with van der Waals surface area (Å²) in [6.07, 6.45) is 2.39. The maximum absolute atomic E-state index is 13.1. The third-order valence-electron chi connectivity index (χ3n) is 5.04. The van der Waals surface area contributed by atoms with Crippen molar-refractivity contribution in [1.82, 2.24) is 4.98 Å². The molecular formula is C23H23N3O3S2. The molecule has 2 amide bonds. The van der Waals surface area contributed by atoms with Crippen molar-refractivity contribution in [1.29, 1.82) is 0 Å². The number of hydrogen-bond acceptors (Lipinski definition) is 6. The molecule has 0 spiro atoms. The molecule has 0 saturated carbocycles. The lowest BCUT2D eigenvalue weighted by Gasteiger charge is -2.28. The number of methoxy groups -OCH3 is 1. The summed E-state index contributed by atoms with van der Waals surface area (Å²) in [6.45, 7) is 0.655. The Morgan fingerprint density at radius 1 is 1.26 bits per heavy atom. The monoisotopic (exact) mass is 453 g/mol. The SMILES string of the molecule is COc1ccc(NC(=O)c2ccccc2SCc2cscn2)cc1N1CCCCC1=O. The molecule has 160 valence electrons. The number of amides is 2. The van der Waals surface area contributed by atoms with Crippen LogP contribution in [0.25, 0.3) is 0 Å². The van der Waals surface area contributed by atoms with Gasteiger partial charge in [-0.2, -0.15) is 0 Å². The van der Waals surface area contributed by atoms with Gasteiger partial charge >= 0.3 is 0 Å². The van der Waals surface area contributed by atoms with E-state index in [1.807, 2.05) is 41.2 Å². The van der Waals surface area contributed by atoms with Crippen molar-refractivity contribution in [3.05, 3.63) is 64.6 Å². The van der Waals surface area contributed by atoms with E-state index in [4.69, 9.17) is 4.74 Å². The zero-order valence-corrected chi connectivity index (χ0v) is 18.8. The van der Waals surface area contributed by atoms with Gasteiger partial charge < -0.3 is 15.0 Å². The minimum absolute atomic E-state index is 0.0804.